The second kappa shape index (κ2) is 9.06. The molecule has 1 aliphatic carbocycles. The molecule has 3 nitrogen and oxygen atoms in total. The van der Waals surface area contributed by atoms with E-state index in [0.29, 0.717) is 6.54 Å². The molecule has 0 bridgehead atoms. The van der Waals surface area contributed by atoms with Gasteiger partial charge < -0.3 is 5.32 Å². The molecule has 0 saturated heterocycles. The molecule has 1 saturated carbocycles. The molecular formula is C17H27ClN2O. The number of rotatable bonds is 6. The van der Waals surface area contributed by atoms with Crippen molar-refractivity contribution in [3.8, 4) is 0 Å². The van der Waals surface area contributed by atoms with Crippen molar-refractivity contribution in [2.75, 3.05) is 25.0 Å². The first-order valence-corrected chi connectivity index (χ1v) is 7.85. The second-order valence-corrected chi connectivity index (χ2v) is 5.61. The van der Waals surface area contributed by atoms with Crippen molar-refractivity contribution < 1.29 is 4.79 Å². The van der Waals surface area contributed by atoms with E-state index in [9.17, 15) is 4.79 Å². The molecule has 1 aliphatic rings. The lowest BCUT2D eigenvalue weighted by molar-refractivity contribution is -0.117. The molecule has 1 aromatic carbocycles. The molecule has 0 radical (unpaired) electrons. The predicted molar refractivity (Wildman–Crippen MR) is 91.3 cm³/mol. The summed E-state index contributed by atoms with van der Waals surface area (Å²) in [6.07, 6.45) is 5.33. The van der Waals surface area contributed by atoms with Crippen LogP contribution in [0.25, 0.3) is 0 Å². The number of hydrogen-bond donors (Lipinski definition) is 1. The molecule has 2 rings (SSSR count). The molecule has 1 fully saturated rings. The van der Waals surface area contributed by atoms with Gasteiger partial charge in [0.05, 0.1) is 6.54 Å². The molecule has 4 heteroatoms. The van der Waals surface area contributed by atoms with Crippen molar-refractivity contribution in [2.24, 2.45) is 0 Å². The molecule has 118 valence electrons. The fraction of sp³-hybridized carbons (Fsp3) is 0.588. The number of nitrogens with one attached hydrogen (secondary N) is 1. The van der Waals surface area contributed by atoms with Gasteiger partial charge >= 0.3 is 0 Å². The van der Waals surface area contributed by atoms with Crippen LogP contribution in [0.3, 0.4) is 0 Å². The van der Waals surface area contributed by atoms with E-state index in [1.54, 1.807) is 0 Å². The van der Waals surface area contributed by atoms with Gasteiger partial charge in [0.1, 0.15) is 0 Å². The molecular weight excluding hydrogens is 284 g/mol. The quantitative estimate of drug-likeness (QED) is 0.860. The highest BCUT2D eigenvalue weighted by Crippen LogP contribution is 2.34. The zero-order valence-corrected chi connectivity index (χ0v) is 13.9. The Labute approximate surface area is 134 Å². The number of likely N-dealkylation sites (N-methyl/N-ethyl adjacent to an activating group) is 1. The third-order valence-corrected chi connectivity index (χ3v) is 4.28. The van der Waals surface area contributed by atoms with Gasteiger partial charge in [-0.2, -0.15) is 0 Å². The van der Waals surface area contributed by atoms with Crippen molar-refractivity contribution in [2.45, 2.75) is 45.4 Å². The molecule has 0 aromatic heterocycles. The van der Waals surface area contributed by atoms with E-state index < -0.39 is 0 Å². The average molecular weight is 311 g/mol. The van der Waals surface area contributed by atoms with Crippen molar-refractivity contribution in [1.82, 2.24) is 4.90 Å². The van der Waals surface area contributed by atoms with Gasteiger partial charge in [-0.15, -0.1) is 12.4 Å². The van der Waals surface area contributed by atoms with Crippen molar-refractivity contribution in [1.29, 1.82) is 0 Å². The Morgan fingerprint density at radius 1 is 1.14 bits per heavy atom. The van der Waals surface area contributed by atoms with Crippen LogP contribution >= 0.6 is 12.4 Å². The maximum Gasteiger partial charge on any atom is 0.238 e. The maximum absolute atomic E-state index is 11.9. The van der Waals surface area contributed by atoms with Gasteiger partial charge in [-0.25, -0.2) is 0 Å². The molecule has 1 N–H and O–H groups in total. The number of halogens is 1. The van der Waals surface area contributed by atoms with Crippen LogP contribution in [0.15, 0.2) is 24.3 Å². The second-order valence-electron chi connectivity index (χ2n) is 5.61. The highest BCUT2D eigenvalue weighted by atomic mass is 35.5. The largest absolute Gasteiger partial charge is 0.325 e. The zero-order chi connectivity index (χ0) is 14.4. The normalized spacial score (nSPS) is 15.0. The summed E-state index contributed by atoms with van der Waals surface area (Å²) >= 11 is 0. The Hall–Kier alpha value is -1.06. The number of nitrogens with zero attached hydrogens (tertiary/aromatic N) is 1. The molecule has 0 heterocycles. The highest BCUT2D eigenvalue weighted by Gasteiger charge is 2.16. The van der Waals surface area contributed by atoms with Gasteiger partial charge in [-0.1, -0.05) is 38.8 Å². The fourth-order valence-corrected chi connectivity index (χ4v) is 2.95. The lowest BCUT2D eigenvalue weighted by Crippen LogP contribution is -2.32. The standard InChI is InChI=1S/C17H26N2O.ClH/c1-3-19(4-2)13-17(20)18-16-11-9-15(10-12-16)14-7-5-6-8-14;/h9-12,14H,3-8,13H2,1-2H3,(H,18,20);1H. The summed E-state index contributed by atoms with van der Waals surface area (Å²) in [5.41, 5.74) is 2.33. The van der Waals surface area contributed by atoms with Crippen LogP contribution in [0.2, 0.25) is 0 Å². The zero-order valence-electron chi connectivity index (χ0n) is 13.1. The minimum Gasteiger partial charge on any atom is -0.325 e. The van der Waals surface area contributed by atoms with Crippen molar-refractivity contribution in [3.05, 3.63) is 29.8 Å². The van der Waals surface area contributed by atoms with Gasteiger partial charge in [0.2, 0.25) is 5.91 Å². The van der Waals surface area contributed by atoms with E-state index >= 15 is 0 Å². The number of hydrogen-bond acceptors (Lipinski definition) is 2. The van der Waals surface area contributed by atoms with Crippen LogP contribution in [0.4, 0.5) is 5.69 Å². The summed E-state index contributed by atoms with van der Waals surface area (Å²) in [5, 5.41) is 2.98. The monoisotopic (exact) mass is 310 g/mol. The lowest BCUT2D eigenvalue weighted by Gasteiger charge is -2.17. The maximum atomic E-state index is 11.9. The number of anilines is 1. The number of carbonyl (C=O) groups is 1. The van der Waals surface area contributed by atoms with Crippen LogP contribution in [0.1, 0.15) is 51.0 Å². The molecule has 0 aliphatic heterocycles. The topological polar surface area (TPSA) is 32.3 Å². The summed E-state index contributed by atoms with van der Waals surface area (Å²) < 4.78 is 0. The Morgan fingerprint density at radius 3 is 2.24 bits per heavy atom. The molecule has 1 aromatic rings. The van der Waals surface area contributed by atoms with E-state index in [-0.39, 0.29) is 18.3 Å². The van der Waals surface area contributed by atoms with E-state index in [1.165, 1.54) is 31.2 Å². The molecule has 21 heavy (non-hydrogen) atoms. The third-order valence-electron chi connectivity index (χ3n) is 4.28. The molecule has 0 unspecified atom stereocenters. The predicted octanol–water partition coefficient (Wildman–Crippen LogP) is 4.05. The van der Waals surface area contributed by atoms with E-state index in [0.717, 1.165) is 24.7 Å². The molecule has 0 atom stereocenters. The first-order valence-electron chi connectivity index (χ1n) is 7.85. The van der Waals surface area contributed by atoms with E-state index in [1.807, 2.05) is 12.1 Å². The van der Waals surface area contributed by atoms with Crippen molar-refractivity contribution >= 4 is 24.0 Å². The third kappa shape index (κ3) is 5.33. The summed E-state index contributed by atoms with van der Waals surface area (Å²) in [6.45, 7) is 6.44. The van der Waals surface area contributed by atoms with Crippen LogP contribution < -0.4 is 5.32 Å². The van der Waals surface area contributed by atoms with Crippen LogP contribution in [0.5, 0.6) is 0 Å². The van der Waals surface area contributed by atoms with Gasteiger partial charge in [0.25, 0.3) is 0 Å². The fourth-order valence-electron chi connectivity index (χ4n) is 2.95. The Balaban J connectivity index is 0.00000220. The van der Waals surface area contributed by atoms with E-state index in [4.69, 9.17) is 0 Å². The van der Waals surface area contributed by atoms with Gasteiger partial charge in [0.15, 0.2) is 0 Å². The van der Waals surface area contributed by atoms with Gasteiger partial charge in [-0.05, 0) is 49.5 Å². The minimum atomic E-state index is 0. The van der Waals surface area contributed by atoms with Gasteiger partial charge in [-0.3, -0.25) is 9.69 Å². The lowest BCUT2D eigenvalue weighted by atomic mass is 9.98. The average Bonchev–Trinajstić information content (AvgIpc) is 2.99. The highest BCUT2D eigenvalue weighted by molar-refractivity contribution is 5.92. The Morgan fingerprint density at radius 2 is 1.71 bits per heavy atom. The molecule has 1 amide bonds. The number of carbonyl (C=O) groups excluding carboxylic acids is 1. The van der Waals surface area contributed by atoms with Gasteiger partial charge in [0, 0.05) is 5.69 Å². The summed E-state index contributed by atoms with van der Waals surface area (Å²) in [6, 6.07) is 8.41. The van der Waals surface area contributed by atoms with E-state index in [2.05, 4.69) is 36.2 Å². The molecule has 0 spiro atoms. The SMILES string of the molecule is CCN(CC)CC(=O)Nc1ccc(C2CCCC2)cc1.Cl. The smallest absolute Gasteiger partial charge is 0.238 e. The minimum absolute atomic E-state index is 0. The summed E-state index contributed by atoms with van der Waals surface area (Å²) in [5.74, 6) is 0.803. The number of amides is 1. The first-order chi connectivity index (χ1) is 9.72. The van der Waals surface area contributed by atoms with Crippen LogP contribution in [0, 0.1) is 0 Å². The van der Waals surface area contributed by atoms with Crippen LogP contribution in [-0.4, -0.2) is 30.4 Å². The van der Waals surface area contributed by atoms with Crippen molar-refractivity contribution in [3.63, 3.8) is 0 Å². The Kier molecular flexibility index (Phi) is 7.76. The number of benzene rings is 1. The first kappa shape index (κ1) is 18.0. The Bertz CT molecular complexity index is 423. The summed E-state index contributed by atoms with van der Waals surface area (Å²) in [4.78, 5) is 14.0. The van der Waals surface area contributed by atoms with Crippen LogP contribution in [-0.2, 0) is 4.79 Å². The summed E-state index contributed by atoms with van der Waals surface area (Å²) in [7, 11) is 0.